The van der Waals surface area contributed by atoms with Gasteiger partial charge >= 0.3 is 0 Å². The van der Waals surface area contributed by atoms with Gasteiger partial charge in [-0.2, -0.15) is 0 Å². The molecule has 5 nitrogen and oxygen atoms in total. The lowest BCUT2D eigenvalue weighted by Gasteiger charge is -2.31. The second kappa shape index (κ2) is 10.1. The first-order chi connectivity index (χ1) is 12.0. The first-order valence-corrected chi connectivity index (χ1v) is 8.71. The molecule has 1 fully saturated rings. The van der Waals surface area contributed by atoms with E-state index < -0.39 is 5.54 Å². The Bertz CT molecular complexity index is 627. The van der Waals surface area contributed by atoms with Gasteiger partial charge < -0.3 is 16.0 Å². The van der Waals surface area contributed by atoms with Crippen LogP contribution in [0.3, 0.4) is 0 Å². The topological polar surface area (TPSA) is 75.4 Å². The Hall–Kier alpha value is -2.11. The van der Waals surface area contributed by atoms with Gasteiger partial charge in [0.25, 0.3) is 5.91 Å². The lowest BCUT2D eigenvalue weighted by atomic mass is 9.82. The third-order valence-corrected chi connectivity index (χ3v) is 4.57. The number of nitrogens with one attached hydrogen (secondary N) is 1. The summed E-state index contributed by atoms with van der Waals surface area (Å²) < 4.78 is 0. The van der Waals surface area contributed by atoms with E-state index in [9.17, 15) is 9.59 Å². The standard InChI is InChI=1S/C20H27N3O2.ClH/c1-3-14-23(15-4-2)18(24)16-8-10-17(11-9-16)22-19(25)20(21)12-6-5-7-13-20;/h3-4,8-11H,1-2,5-7,12-15,21H2,(H,22,25);1H. The van der Waals surface area contributed by atoms with E-state index in [4.69, 9.17) is 5.73 Å². The van der Waals surface area contributed by atoms with Crippen molar-refractivity contribution in [2.45, 2.75) is 37.6 Å². The summed E-state index contributed by atoms with van der Waals surface area (Å²) in [5.41, 5.74) is 6.67. The summed E-state index contributed by atoms with van der Waals surface area (Å²) in [5, 5.41) is 2.88. The number of amides is 2. The highest BCUT2D eigenvalue weighted by Gasteiger charge is 2.35. The van der Waals surface area contributed by atoms with Gasteiger partial charge in [-0.3, -0.25) is 9.59 Å². The maximum absolute atomic E-state index is 12.5. The smallest absolute Gasteiger partial charge is 0.254 e. The molecule has 142 valence electrons. The van der Waals surface area contributed by atoms with Crippen molar-refractivity contribution in [3.8, 4) is 0 Å². The molecular formula is C20H28ClN3O2. The number of benzene rings is 1. The van der Waals surface area contributed by atoms with E-state index in [1.807, 2.05) is 0 Å². The highest BCUT2D eigenvalue weighted by Crippen LogP contribution is 2.27. The number of rotatable bonds is 7. The molecule has 0 unspecified atom stereocenters. The van der Waals surface area contributed by atoms with E-state index in [0.717, 1.165) is 19.3 Å². The van der Waals surface area contributed by atoms with Crippen LogP contribution in [0.2, 0.25) is 0 Å². The van der Waals surface area contributed by atoms with Gasteiger partial charge in [-0.1, -0.05) is 31.4 Å². The number of carbonyl (C=O) groups excluding carboxylic acids is 2. The molecule has 2 amide bonds. The summed E-state index contributed by atoms with van der Waals surface area (Å²) >= 11 is 0. The number of carbonyl (C=O) groups is 2. The summed E-state index contributed by atoms with van der Waals surface area (Å²) in [6.07, 6.45) is 7.90. The molecule has 1 aliphatic rings. The Kier molecular flexibility index (Phi) is 8.55. The fourth-order valence-electron chi connectivity index (χ4n) is 3.10. The van der Waals surface area contributed by atoms with E-state index in [0.29, 0.717) is 37.2 Å². The maximum Gasteiger partial charge on any atom is 0.254 e. The van der Waals surface area contributed by atoms with E-state index in [1.54, 1.807) is 41.3 Å². The van der Waals surface area contributed by atoms with Crippen molar-refractivity contribution >= 4 is 29.9 Å². The molecule has 0 radical (unpaired) electrons. The number of hydrogen-bond acceptors (Lipinski definition) is 3. The molecule has 1 aromatic rings. The van der Waals surface area contributed by atoms with Crippen molar-refractivity contribution in [3.05, 3.63) is 55.1 Å². The minimum atomic E-state index is -0.780. The predicted molar refractivity (Wildman–Crippen MR) is 109 cm³/mol. The number of halogens is 1. The van der Waals surface area contributed by atoms with Crippen molar-refractivity contribution in [1.29, 1.82) is 0 Å². The lowest BCUT2D eigenvalue weighted by Crippen LogP contribution is -2.52. The zero-order valence-corrected chi connectivity index (χ0v) is 15.9. The SMILES string of the molecule is C=CCN(CC=C)C(=O)c1ccc(NC(=O)C2(N)CCCCC2)cc1.Cl. The zero-order chi connectivity index (χ0) is 18.3. The number of nitrogens with zero attached hydrogens (tertiary/aromatic N) is 1. The summed E-state index contributed by atoms with van der Waals surface area (Å²) in [4.78, 5) is 26.6. The van der Waals surface area contributed by atoms with Crippen LogP contribution in [0.1, 0.15) is 42.5 Å². The molecule has 1 saturated carbocycles. The van der Waals surface area contributed by atoms with Gasteiger partial charge in [0.1, 0.15) is 0 Å². The molecule has 2 rings (SSSR count). The molecule has 3 N–H and O–H groups in total. The molecule has 0 spiro atoms. The quantitative estimate of drug-likeness (QED) is 0.714. The van der Waals surface area contributed by atoms with Crippen LogP contribution in [0.5, 0.6) is 0 Å². The van der Waals surface area contributed by atoms with Crippen LogP contribution in [-0.2, 0) is 4.79 Å². The van der Waals surface area contributed by atoms with E-state index in [2.05, 4.69) is 18.5 Å². The Morgan fingerprint density at radius 2 is 1.62 bits per heavy atom. The fourth-order valence-corrected chi connectivity index (χ4v) is 3.10. The summed E-state index contributed by atoms with van der Waals surface area (Å²) in [7, 11) is 0. The molecular weight excluding hydrogens is 350 g/mol. The molecule has 1 aliphatic carbocycles. The Labute approximate surface area is 161 Å². The molecule has 6 heteroatoms. The van der Waals surface area contributed by atoms with Crippen LogP contribution in [0, 0.1) is 0 Å². The summed E-state index contributed by atoms with van der Waals surface area (Å²) in [6.45, 7) is 8.25. The normalized spacial score (nSPS) is 15.3. The van der Waals surface area contributed by atoms with Crippen molar-refractivity contribution in [2.24, 2.45) is 5.73 Å². The average molecular weight is 378 g/mol. The molecule has 0 aliphatic heterocycles. The van der Waals surface area contributed by atoms with Gasteiger partial charge in [0.05, 0.1) is 5.54 Å². The van der Waals surface area contributed by atoms with E-state index >= 15 is 0 Å². The van der Waals surface area contributed by atoms with E-state index in [1.165, 1.54) is 0 Å². The Morgan fingerprint density at radius 3 is 2.12 bits per heavy atom. The van der Waals surface area contributed by atoms with Crippen LogP contribution in [0.15, 0.2) is 49.6 Å². The fraction of sp³-hybridized carbons (Fsp3) is 0.400. The number of anilines is 1. The molecule has 0 heterocycles. The summed E-state index contributed by atoms with van der Waals surface area (Å²) in [6, 6.07) is 6.89. The van der Waals surface area contributed by atoms with Gasteiger partial charge in [0.15, 0.2) is 0 Å². The highest BCUT2D eigenvalue weighted by molar-refractivity contribution is 5.99. The van der Waals surface area contributed by atoms with Crippen LogP contribution >= 0.6 is 12.4 Å². The van der Waals surface area contributed by atoms with Crippen molar-refractivity contribution in [3.63, 3.8) is 0 Å². The molecule has 0 aromatic heterocycles. The zero-order valence-electron chi connectivity index (χ0n) is 15.1. The van der Waals surface area contributed by atoms with Gasteiger partial charge in [0, 0.05) is 24.3 Å². The molecule has 0 saturated heterocycles. The molecule has 26 heavy (non-hydrogen) atoms. The van der Waals surface area contributed by atoms with Gasteiger partial charge in [0.2, 0.25) is 5.91 Å². The largest absolute Gasteiger partial charge is 0.331 e. The first kappa shape index (κ1) is 21.9. The Balaban J connectivity index is 0.00000338. The third-order valence-electron chi connectivity index (χ3n) is 4.57. The summed E-state index contributed by atoms with van der Waals surface area (Å²) in [5.74, 6) is -0.244. The molecule has 0 atom stereocenters. The van der Waals surface area contributed by atoms with Crippen molar-refractivity contribution in [2.75, 3.05) is 18.4 Å². The number of nitrogens with two attached hydrogens (primary N) is 1. The minimum absolute atomic E-state index is 0. The average Bonchev–Trinajstić information content (AvgIpc) is 2.62. The molecule has 0 bridgehead atoms. The van der Waals surface area contributed by atoms with Crippen molar-refractivity contribution < 1.29 is 9.59 Å². The monoisotopic (exact) mass is 377 g/mol. The highest BCUT2D eigenvalue weighted by atomic mass is 35.5. The number of hydrogen-bond donors (Lipinski definition) is 2. The third kappa shape index (κ3) is 5.44. The van der Waals surface area contributed by atoms with Crippen LogP contribution < -0.4 is 11.1 Å². The second-order valence-electron chi connectivity index (χ2n) is 6.54. The van der Waals surface area contributed by atoms with Gasteiger partial charge in [-0.25, -0.2) is 0 Å². The van der Waals surface area contributed by atoms with E-state index in [-0.39, 0.29) is 24.2 Å². The minimum Gasteiger partial charge on any atom is -0.331 e. The lowest BCUT2D eigenvalue weighted by molar-refractivity contribution is -0.122. The maximum atomic E-state index is 12.5. The van der Waals surface area contributed by atoms with Crippen LogP contribution in [0.4, 0.5) is 5.69 Å². The van der Waals surface area contributed by atoms with Gasteiger partial charge in [-0.15, -0.1) is 25.6 Å². The second-order valence-corrected chi connectivity index (χ2v) is 6.54. The van der Waals surface area contributed by atoms with Gasteiger partial charge in [-0.05, 0) is 37.1 Å². The molecule has 1 aromatic carbocycles. The predicted octanol–water partition coefficient (Wildman–Crippen LogP) is 3.52. The van der Waals surface area contributed by atoms with Crippen molar-refractivity contribution in [1.82, 2.24) is 4.90 Å². The Morgan fingerprint density at radius 1 is 1.08 bits per heavy atom. The van der Waals surface area contributed by atoms with Crippen LogP contribution in [-0.4, -0.2) is 35.3 Å². The van der Waals surface area contributed by atoms with Crippen LogP contribution in [0.25, 0.3) is 0 Å². The first-order valence-electron chi connectivity index (χ1n) is 8.71.